The van der Waals surface area contributed by atoms with Crippen molar-refractivity contribution in [2.75, 3.05) is 13.1 Å². The van der Waals surface area contributed by atoms with Crippen LogP contribution in [0.25, 0.3) is 10.8 Å². The number of nitrogens with one attached hydrogen (secondary N) is 1. The molecular formula is C22H23N3O3S. The summed E-state index contributed by atoms with van der Waals surface area (Å²) < 4.78 is 27.8. The van der Waals surface area contributed by atoms with E-state index < -0.39 is 10.0 Å². The molecule has 1 atom stereocenters. The molecule has 1 N–H and O–H groups in total. The fourth-order valence-corrected chi connectivity index (χ4v) is 5.25. The van der Waals surface area contributed by atoms with Gasteiger partial charge in [-0.1, -0.05) is 36.4 Å². The Morgan fingerprint density at radius 3 is 2.72 bits per heavy atom. The lowest BCUT2D eigenvalue weighted by Gasteiger charge is -2.31. The molecule has 1 aliphatic heterocycles. The van der Waals surface area contributed by atoms with E-state index in [2.05, 4.69) is 10.3 Å². The molecule has 1 fully saturated rings. The zero-order chi connectivity index (χ0) is 20.3. The van der Waals surface area contributed by atoms with Crippen LogP contribution in [0.15, 0.2) is 71.9 Å². The number of amides is 1. The summed E-state index contributed by atoms with van der Waals surface area (Å²) in [5, 5.41) is 4.79. The molecule has 1 aliphatic rings. The predicted octanol–water partition coefficient (Wildman–Crippen LogP) is 2.95. The van der Waals surface area contributed by atoms with E-state index in [1.54, 1.807) is 24.5 Å². The minimum Gasteiger partial charge on any atom is -0.352 e. The topological polar surface area (TPSA) is 79.4 Å². The van der Waals surface area contributed by atoms with Crippen LogP contribution in [0.1, 0.15) is 18.4 Å². The van der Waals surface area contributed by atoms with Crippen LogP contribution in [0.4, 0.5) is 0 Å². The van der Waals surface area contributed by atoms with E-state index in [9.17, 15) is 13.2 Å². The van der Waals surface area contributed by atoms with E-state index in [1.807, 2.05) is 42.5 Å². The maximum Gasteiger partial charge on any atom is 0.243 e. The van der Waals surface area contributed by atoms with Gasteiger partial charge in [0.05, 0.1) is 10.8 Å². The fraction of sp³-hybridized carbons (Fsp3) is 0.273. The summed E-state index contributed by atoms with van der Waals surface area (Å²) in [4.78, 5) is 16.9. The van der Waals surface area contributed by atoms with Gasteiger partial charge in [0, 0.05) is 32.0 Å². The molecule has 0 bridgehead atoms. The van der Waals surface area contributed by atoms with Gasteiger partial charge in [-0.3, -0.25) is 9.78 Å². The van der Waals surface area contributed by atoms with E-state index in [4.69, 9.17) is 0 Å². The Morgan fingerprint density at radius 1 is 1.10 bits per heavy atom. The molecule has 2 heterocycles. The predicted molar refractivity (Wildman–Crippen MR) is 112 cm³/mol. The highest BCUT2D eigenvalue weighted by molar-refractivity contribution is 7.89. The molecule has 4 rings (SSSR count). The largest absolute Gasteiger partial charge is 0.352 e. The minimum atomic E-state index is -3.64. The van der Waals surface area contributed by atoms with Crippen LogP contribution >= 0.6 is 0 Å². The van der Waals surface area contributed by atoms with Gasteiger partial charge in [0.2, 0.25) is 15.9 Å². The van der Waals surface area contributed by atoms with E-state index in [1.165, 1.54) is 4.31 Å². The maximum atomic E-state index is 13.2. The first-order valence-electron chi connectivity index (χ1n) is 9.69. The number of rotatable bonds is 5. The molecule has 2 aromatic carbocycles. The Hall–Kier alpha value is -2.77. The molecule has 150 valence electrons. The Bertz CT molecular complexity index is 1120. The van der Waals surface area contributed by atoms with Gasteiger partial charge in [0.25, 0.3) is 0 Å². The third-order valence-electron chi connectivity index (χ3n) is 5.30. The van der Waals surface area contributed by atoms with Crippen molar-refractivity contribution in [3.05, 3.63) is 72.6 Å². The van der Waals surface area contributed by atoms with Crippen LogP contribution in [-0.4, -0.2) is 36.7 Å². The molecule has 7 heteroatoms. The second-order valence-electron chi connectivity index (χ2n) is 7.29. The summed E-state index contributed by atoms with van der Waals surface area (Å²) in [5.41, 5.74) is 0.914. The van der Waals surface area contributed by atoms with Crippen LogP contribution in [0.3, 0.4) is 0 Å². The molecule has 3 aromatic rings. The second kappa shape index (κ2) is 8.31. The molecule has 0 radical (unpaired) electrons. The standard InChI is InChI=1S/C22H23N3O3S/c26-22(24-15-17-5-3-11-23-14-17)20-8-4-12-25(16-20)29(27,28)21-10-9-18-6-1-2-7-19(18)13-21/h1-3,5-7,9-11,13-14,20H,4,8,12,15-16H2,(H,24,26)/t20-/m1/s1. The first-order chi connectivity index (χ1) is 14.0. The Morgan fingerprint density at radius 2 is 1.93 bits per heavy atom. The molecule has 1 aromatic heterocycles. The molecule has 0 spiro atoms. The van der Waals surface area contributed by atoms with Gasteiger partial charge >= 0.3 is 0 Å². The Labute approximate surface area is 170 Å². The van der Waals surface area contributed by atoms with Crippen molar-refractivity contribution in [2.24, 2.45) is 5.92 Å². The highest BCUT2D eigenvalue weighted by Crippen LogP contribution is 2.26. The van der Waals surface area contributed by atoms with Crippen molar-refractivity contribution < 1.29 is 13.2 Å². The summed E-state index contributed by atoms with van der Waals surface area (Å²) in [5.74, 6) is -0.470. The molecule has 1 amide bonds. The number of benzene rings is 2. The van der Waals surface area contributed by atoms with Gasteiger partial charge in [-0.25, -0.2) is 8.42 Å². The van der Waals surface area contributed by atoms with Gasteiger partial charge in [0.1, 0.15) is 0 Å². The average molecular weight is 410 g/mol. The number of piperidine rings is 1. The summed E-state index contributed by atoms with van der Waals surface area (Å²) in [6.45, 7) is 1.02. The number of nitrogens with zero attached hydrogens (tertiary/aromatic N) is 2. The first-order valence-corrected chi connectivity index (χ1v) is 11.1. The molecule has 1 saturated heterocycles. The molecular weight excluding hydrogens is 386 g/mol. The van der Waals surface area contributed by atoms with Crippen molar-refractivity contribution in [1.29, 1.82) is 0 Å². The highest BCUT2D eigenvalue weighted by atomic mass is 32.2. The van der Waals surface area contributed by atoms with Gasteiger partial charge in [0.15, 0.2) is 0 Å². The van der Waals surface area contributed by atoms with Gasteiger partial charge < -0.3 is 5.32 Å². The zero-order valence-corrected chi connectivity index (χ0v) is 16.8. The van der Waals surface area contributed by atoms with Crippen molar-refractivity contribution in [1.82, 2.24) is 14.6 Å². The second-order valence-corrected chi connectivity index (χ2v) is 9.23. The third kappa shape index (κ3) is 4.31. The lowest BCUT2D eigenvalue weighted by Crippen LogP contribution is -2.45. The Kier molecular flexibility index (Phi) is 5.60. The monoisotopic (exact) mass is 409 g/mol. The number of aromatic nitrogens is 1. The normalized spacial score (nSPS) is 17.9. The number of hydrogen-bond donors (Lipinski definition) is 1. The number of sulfonamides is 1. The summed E-state index contributed by atoms with van der Waals surface area (Å²) in [6, 6.07) is 16.6. The first kappa shape index (κ1) is 19.5. The average Bonchev–Trinajstić information content (AvgIpc) is 2.78. The molecule has 0 aliphatic carbocycles. The summed E-state index contributed by atoms with van der Waals surface area (Å²) in [7, 11) is -3.64. The number of pyridine rings is 1. The molecule has 0 unspecified atom stereocenters. The zero-order valence-electron chi connectivity index (χ0n) is 16.0. The van der Waals surface area contributed by atoms with E-state index in [0.717, 1.165) is 16.3 Å². The highest BCUT2D eigenvalue weighted by Gasteiger charge is 2.33. The van der Waals surface area contributed by atoms with Crippen molar-refractivity contribution in [3.8, 4) is 0 Å². The van der Waals surface area contributed by atoms with Gasteiger partial charge in [-0.15, -0.1) is 0 Å². The smallest absolute Gasteiger partial charge is 0.243 e. The summed E-state index contributed by atoms with van der Waals surface area (Å²) >= 11 is 0. The quantitative estimate of drug-likeness (QED) is 0.703. The van der Waals surface area contributed by atoms with Crippen LogP contribution in [0.2, 0.25) is 0 Å². The maximum absolute atomic E-state index is 13.2. The Balaban J connectivity index is 1.47. The van der Waals surface area contributed by atoms with E-state index in [0.29, 0.717) is 25.9 Å². The summed E-state index contributed by atoms with van der Waals surface area (Å²) in [6.07, 6.45) is 4.74. The van der Waals surface area contributed by atoms with Crippen LogP contribution in [0, 0.1) is 5.92 Å². The van der Waals surface area contributed by atoms with Gasteiger partial charge in [-0.05, 0) is 47.4 Å². The molecule has 29 heavy (non-hydrogen) atoms. The van der Waals surface area contributed by atoms with Crippen LogP contribution < -0.4 is 5.32 Å². The third-order valence-corrected chi connectivity index (χ3v) is 7.16. The fourth-order valence-electron chi connectivity index (χ4n) is 3.69. The van der Waals surface area contributed by atoms with Crippen LogP contribution in [0.5, 0.6) is 0 Å². The SMILES string of the molecule is O=C(NCc1cccnc1)[C@@H]1CCCN(S(=O)(=O)c2ccc3ccccc3c2)C1. The van der Waals surface area contributed by atoms with Gasteiger partial charge in [-0.2, -0.15) is 4.31 Å². The number of carbonyl (C=O) groups is 1. The minimum absolute atomic E-state index is 0.118. The van der Waals surface area contributed by atoms with Crippen molar-refractivity contribution >= 4 is 26.7 Å². The van der Waals surface area contributed by atoms with Crippen molar-refractivity contribution in [2.45, 2.75) is 24.3 Å². The number of carbonyl (C=O) groups excluding carboxylic acids is 1. The molecule has 6 nitrogen and oxygen atoms in total. The van der Waals surface area contributed by atoms with E-state index in [-0.39, 0.29) is 23.3 Å². The lowest BCUT2D eigenvalue weighted by atomic mass is 9.99. The number of fused-ring (bicyclic) bond motifs is 1. The van der Waals surface area contributed by atoms with Crippen LogP contribution in [-0.2, 0) is 21.4 Å². The van der Waals surface area contributed by atoms with E-state index >= 15 is 0 Å². The van der Waals surface area contributed by atoms with Crippen molar-refractivity contribution in [3.63, 3.8) is 0 Å². The lowest BCUT2D eigenvalue weighted by molar-refractivity contribution is -0.126. The number of hydrogen-bond acceptors (Lipinski definition) is 4. The molecule has 0 saturated carbocycles.